The second-order valence-corrected chi connectivity index (χ2v) is 12.9. The number of benzene rings is 3. The molecule has 0 spiro atoms. The van der Waals surface area contributed by atoms with Gasteiger partial charge in [0, 0.05) is 19.8 Å². The average molecular weight is 648 g/mol. The molecule has 3 aromatic rings. The first-order valence-corrected chi connectivity index (χ1v) is 15.8. The Morgan fingerprint density at radius 2 is 1.72 bits per heavy atom. The first-order valence-electron chi connectivity index (χ1n) is 15.8. The number of halogens is 1. The molecule has 0 bridgehead atoms. The monoisotopic (exact) mass is 647 g/mol. The first kappa shape index (κ1) is 34.0. The second-order valence-electron chi connectivity index (χ2n) is 12.9. The van der Waals surface area contributed by atoms with Gasteiger partial charge < -0.3 is 34.9 Å². The summed E-state index contributed by atoms with van der Waals surface area (Å²) >= 11 is 0. The van der Waals surface area contributed by atoms with Gasteiger partial charge in [0.1, 0.15) is 37.3 Å². The summed E-state index contributed by atoms with van der Waals surface area (Å²) < 4.78 is 31.7. The standard InChI is InChI=1S/C36H42FN3O7/c1-36(2,3)47-22-30(41)39-31(24-15-17-45-18-16-24)34(43)40-20-26-11-7-8-12-27(26)32(40)33(42)38-29-19-25(13-14-28(29)37)35(44)46-21-23-9-5-4-6-10-23/h4-14,19,24,31-33,38,42H,15-18,20-22H2,1-3H3,(H,39,41). The number of rotatable bonds is 11. The molecule has 1 fully saturated rings. The molecular weight excluding hydrogens is 605 g/mol. The Bertz CT molecular complexity index is 1560. The molecule has 5 rings (SSSR count). The number of fused-ring (bicyclic) bond motifs is 1. The highest BCUT2D eigenvalue weighted by Crippen LogP contribution is 2.38. The summed E-state index contributed by atoms with van der Waals surface area (Å²) in [4.78, 5) is 41.7. The van der Waals surface area contributed by atoms with E-state index < -0.39 is 41.6 Å². The fraction of sp³-hybridized carbons (Fsp3) is 0.417. The third-order valence-corrected chi connectivity index (χ3v) is 8.31. The van der Waals surface area contributed by atoms with Gasteiger partial charge in [-0.1, -0.05) is 54.6 Å². The van der Waals surface area contributed by atoms with Crippen molar-refractivity contribution in [2.75, 3.05) is 25.1 Å². The molecule has 0 saturated carbocycles. The number of hydrogen-bond donors (Lipinski definition) is 3. The van der Waals surface area contributed by atoms with Crippen LogP contribution < -0.4 is 10.6 Å². The number of esters is 1. The highest BCUT2D eigenvalue weighted by Gasteiger charge is 2.43. The largest absolute Gasteiger partial charge is 0.457 e. The smallest absolute Gasteiger partial charge is 0.338 e. The minimum Gasteiger partial charge on any atom is -0.457 e. The lowest BCUT2D eigenvalue weighted by atomic mass is 9.90. The summed E-state index contributed by atoms with van der Waals surface area (Å²) in [6.45, 7) is 6.45. The lowest BCUT2D eigenvalue weighted by molar-refractivity contribution is -0.145. The molecule has 10 nitrogen and oxygen atoms in total. The summed E-state index contributed by atoms with van der Waals surface area (Å²) in [5.74, 6) is -2.34. The van der Waals surface area contributed by atoms with Gasteiger partial charge in [0.2, 0.25) is 11.8 Å². The second kappa shape index (κ2) is 15.1. The molecule has 0 aliphatic carbocycles. The minimum atomic E-state index is -1.47. The van der Waals surface area contributed by atoms with E-state index >= 15 is 4.39 Å². The van der Waals surface area contributed by atoms with Crippen LogP contribution in [-0.4, -0.2) is 65.5 Å². The van der Waals surface area contributed by atoms with Crippen LogP contribution in [0.4, 0.5) is 10.1 Å². The van der Waals surface area contributed by atoms with E-state index in [9.17, 15) is 19.5 Å². The topological polar surface area (TPSA) is 126 Å². The normalized spacial score (nSPS) is 17.8. The minimum absolute atomic E-state index is 0.0471. The predicted molar refractivity (Wildman–Crippen MR) is 173 cm³/mol. The lowest BCUT2D eigenvalue weighted by Gasteiger charge is -2.36. The molecule has 0 aromatic heterocycles. The number of carbonyl (C=O) groups excluding carboxylic acids is 3. The van der Waals surface area contributed by atoms with Crippen LogP contribution in [0.15, 0.2) is 72.8 Å². The van der Waals surface area contributed by atoms with E-state index in [1.807, 2.05) is 69.3 Å². The summed E-state index contributed by atoms with van der Waals surface area (Å²) in [5.41, 5.74) is 1.73. The number of hydrogen-bond acceptors (Lipinski definition) is 8. The molecule has 3 aromatic carbocycles. The van der Waals surface area contributed by atoms with Gasteiger partial charge in [0.25, 0.3) is 0 Å². The van der Waals surface area contributed by atoms with Gasteiger partial charge in [0.15, 0.2) is 0 Å². The fourth-order valence-corrected chi connectivity index (χ4v) is 5.89. The van der Waals surface area contributed by atoms with Crippen LogP contribution in [0.2, 0.25) is 0 Å². The Morgan fingerprint density at radius 3 is 2.45 bits per heavy atom. The Morgan fingerprint density at radius 1 is 1.02 bits per heavy atom. The number of aliphatic hydroxyl groups is 1. The molecule has 1 saturated heterocycles. The van der Waals surface area contributed by atoms with Gasteiger partial charge in [-0.05, 0) is 74.4 Å². The molecule has 11 heteroatoms. The lowest BCUT2D eigenvalue weighted by Crippen LogP contribution is -2.55. The zero-order valence-corrected chi connectivity index (χ0v) is 26.9. The number of nitrogens with one attached hydrogen (secondary N) is 2. The Balaban J connectivity index is 1.36. The van der Waals surface area contributed by atoms with Crippen molar-refractivity contribution in [3.05, 3.63) is 101 Å². The van der Waals surface area contributed by atoms with Crippen LogP contribution >= 0.6 is 0 Å². The van der Waals surface area contributed by atoms with Crippen molar-refractivity contribution in [2.24, 2.45) is 5.92 Å². The number of ether oxygens (including phenoxy) is 3. The quantitative estimate of drug-likeness (QED) is 0.202. The van der Waals surface area contributed by atoms with E-state index in [0.717, 1.165) is 17.2 Å². The summed E-state index contributed by atoms with van der Waals surface area (Å²) in [7, 11) is 0. The molecule has 2 amide bonds. The van der Waals surface area contributed by atoms with Gasteiger partial charge in [0.05, 0.1) is 16.9 Å². The average Bonchev–Trinajstić information content (AvgIpc) is 3.46. The molecule has 2 aliphatic rings. The molecule has 2 aliphatic heterocycles. The van der Waals surface area contributed by atoms with Gasteiger partial charge >= 0.3 is 5.97 Å². The Hall–Kier alpha value is -4.32. The van der Waals surface area contributed by atoms with Crippen molar-refractivity contribution in [3.8, 4) is 0 Å². The molecule has 47 heavy (non-hydrogen) atoms. The van der Waals surface area contributed by atoms with Crippen molar-refractivity contribution in [1.29, 1.82) is 0 Å². The zero-order chi connectivity index (χ0) is 33.6. The summed E-state index contributed by atoms with van der Waals surface area (Å²) in [6, 6.07) is 18.4. The number of aliphatic hydroxyl groups excluding tert-OH is 1. The van der Waals surface area contributed by atoms with E-state index in [1.165, 1.54) is 17.0 Å². The van der Waals surface area contributed by atoms with Crippen molar-refractivity contribution in [1.82, 2.24) is 10.2 Å². The predicted octanol–water partition coefficient (Wildman–Crippen LogP) is 4.72. The van der Waals surface area contributed by atoms with Gasteiger partial charge in [-0.25, -0.2) is 9.18 Å². The van der Waals surface area contributed by atoms with Gasteiger partial charge in [-0.3, -0.25) is 9.59 Å². The molecule has 3 atom stereocenters. The van der Waals surface area contributed by atoms with E-state index in [2.05, 4.69) is 10.6 Å². The maximum Gasteiger partial charge on any atom is 0.338 e. The molecule has 2 heterocycles. The van der Waals surface area contributed by atoms with Crippen LogP contribution in [0.1, 0.15) is 66.7 Å². The van der Waals surface area contributed by atoms with Crippen molar-refractivity contribution in [2.45, 2.75) is 70.7 Å². The zero-order valence-electron chi connectivity index (χ0n) is 26.9. The van der Waals surface area contributed by atoms with Crippen LogP contribution in [0.5, 0.6) is 0 Å². The van der Waals surface area contributed by atoms with E-state index in [-0.39, 0.29) is 42.8 Å². The maximum absolute atomic E-state index is 15.1. The van der Waals surface area contributed by atoms with Crippen molar-refractivity contribution < 1.29 is 38.1 Å². The van der Waals surface area contributed by atoms with Crippen LogP contribution in [0.25, 0.3) is 0 Å². The van der Waals surface area contributed by atoms with Crippen LogP contribution in [0, 0.1) is 11.7 Å². The van der Waals surface area contributed by atoms with E-state index in [4.69, 9.17) is 14.2 Å². The maximum atomic E-state index is 15.1. The number of carbonyl (C=O) groups is 3. The van der Waals surface area contributed by atoms with Gasteiger partial charge in [-0.15, -0.1) is 0 Å². The molecular formula is C36H42FN3O7. The van der Waals surface area contributed by atoms with Gasteiger partial charge in [-0.2, -0.15) is 0 Å². The third kappa shape index (κ3) is 8.73. The van der Waals surface area contributed by atoms with Crippen molar-refractivity contribution in [3.63, 3.8) is 0 Å². The molecule has 3 N–H and O–H groups in total. The highest BCUT2D eigenvalue weighted by atomic mass is 19.1. The Labute approximate surface area is 274 Å². The highest BCUT2D eigenvalue weighted by molar-refractivity contribution is 5.91. The van der Waals surface area contributed by atoms with E-state index in [1.54, 1.807) is 6.07 Å². The summed E-state index contributed by atoms with van der Waals surface area (Å²) in [5, 5.41) is 17.3. The number of anilines is 1. The molecule has 3 unspecified atom stereocenters. The fourth-order valence-electron chi connectivity index (χ4n) is 5.89. The SMILES string of the molecule is CC(C)(C)OCC(=O)NC(C(=O)N1Cc2ccccc2C1C(O)Nc1cc(C(=O)OCc2ccccc2)ccc1F)C1CCOCC1. The van der Waals surface area contributed by atoms with Crippen LogP contribution in [-0.2, 0) is 37.0 Å². The number of amides is 2. The summed E-state index contributed by atoms with van der Waals surface area (Å²) in [6.07, 6.45) is -0.328. The molecule has 0 radical (unpaired) electrons. The number of nitrogens with zero attached hydrogens (tertiary/aromatic N) is 1. The van der Waals surface area contributed by atoms with Crippen molar-refractivity contribution >= 4 is 23.5 Å². The Kier molecular flexibility index (Phi) is 10.9. The molecule has 250 valence electrons. The first-order chi connectivity index (χ1) is 22.5. The van der Waals surface area contributed by atoms with E-state index in [0.29, 0.717) is 31.6 Å². The third-order valence-electron chi connectivity index (χ3n) is 8.31. The van der Waals surface area contributed by atoms with Crippen LogP contribution in [0.3, 0.4) is 0 Å².